The van der Waals surface area contributed by atoms with Gasteiger partial charge in [0, 0.05) is 50.8 Å². The number of amides is 1. The van der Waals surface area contributed by atoms with E-state index in [0.717, 1.165) is 56.9 Å². The van der Waals surface area contributed by atoms with Crippen LogP contribution in [0, 0.1) is 0 Å². The fourth-order valence-electron chi connectivity index (χ4n) is 3.60. The van der Waals surface area contributed by atoms with Gasteiger partial charge in [-0.25, -0.2) is 9.78 Å². The standard InChI is InChI=1S/C20H29N5O/c1-3-11-21-18-8-7-12-22-19(18)25(4-2)17-9-15-24(16-10-17)20(26)23-13-5-6-14-23/h5-8,12-14,17,21H,3-4,9-11,15-16H2,1-2H3. The predicted octanol–water partition coefficient (Wildman–Crippen LogP) is 3.66. The van der Waals surface area contributed by atoms with Crippen molar-refractivity contribution in [2.45, 2.75) is 39.2 Å². The molecule has 3 rings (SSSR count). The number of piperidine rings is 1. The van der Waals surface area contributed by atoms with E-state index in [0.29, 0.717) is 6.04 Å². The van der Waals surface area contributed by atoms with Crippen molar-refractivity contribution in [3.8, 4) is 0 Å². The Morgan fingerprint density at radius 2 is 1.96 bits per heavy atom. The van der Waals surface area contributed by atoms with Crippen LogP contribution in [0.3, 0.4) is 0 Å². The van der Waals surface area contributed by atoms with Gasteiger partial charge in [0.1, 0.15) is 0 Å². The van der Waals surface area contributed by atoms with Crippen molar-refractivity contribution in [2.24, 2.45) is 0 Å². The Morgan fingerprint density at radius 3 is 2.62 bits per heavy atom. The van der Waals surface area contributed by atoms with Gasteiger partial charge in [-0.3, -0.25) is 4.57 Å². The zero-order chi connectivity index (χ0) is 18.4. The van der Waals surface area contributed by atoms with Gasteiger partial charge in [-0.05, 0) is 50.5 Å². The molecule has 1 saturated heterocycles. The van der Waals surface area contributed by atoms with E-state index in [2.05, 4.69) is 35.1 Å². The topological polar surface area (TPSA) is 53.4 Å². The summed E-state index contributed by atoms with van der Waals surface area (Å²) in [5.74, 6) is 1.03. The van der Waals surface area contributed by atoms with E-state index in [1.165, 1.54) is 0 Å². The van der Waals surface area contributed by atoms with E-state index < -0.39 is 0 Å². The largest absolute Gasteiger partial charge is 0.382 e. The summed E-state index contributed by atoms with van der Waals surface area (Å²) in [4.78, 5) is 21.5. The molecule has 26 heavy (non-hydrogen) atoms. The number of carbonyl (C=O) groups is 1. The number of nitrogens with zero attached hydrogens (tertiary/aromatic N) is 4. The van der Waals surface area contributed by atoms with Crippen molar-refractivity contribution < 1.29 is 4.79 Å². The first kappa shape index (κ1) is 18.3. The minimum Gasteiger partial charge on any atom is -0.382 e. The molecule has 0 saturated carbocycles. The zero-order valence-electron chi connectivity index (χ0n) is 15.8. The van der Waals surface area contributed by atoms with Crippen LogP contribution in [0.15, 0.2) is 42.9 Å². The smallest absolute Gasteiger partial charge is 0.328 e. The number of hydrogen-bond acceptors (Lipinski definition) is 4. The Hall–Kier alpha value is -2.50. The average molecular weight is 355 g/mol. The van der Waals surface area contributed by atoms with Crippen molar-refractivity contribution in [1.82, 2.24) is 14.5 Å². The van der Waals surface area contributed by atoms with Gasteiger partial charge in [0.2, 0.25) is 0 Å². The molecule has 6 heteroatoms. The molecule has 6 nitrogen and oxygen atoms in total. The van der Waals surface area contributed by atoms with Crippen LogP contribution in [0.4, 0.5) is 16.3 Å². The van der Waals surface area contributed by atoms with Crippen molar-refractivity contribution >= 4 is 17.5 Å². The van der Waals surface area contributed by atoms with E-state index in [1.54, 1.807) is 4.57 Å². The van der Waals surface area contributed by atoms with E-state index in [9.17, 15) is 4.79 Å². The molecule has 140 valence electrons. The molecule has 0 bridgehead atoms. The van der Waals surface area contributed by atoms with Crippen LogP contribution >= 0.6 is 0 Å². The maximum Gasteiger partial charge on any atom is 0.328 e. The second-order valence-corrected chi connectivity index (χ2v) is 6.68. The summed E-state index contributed by atoms with van der Waals surface area (Å²) < 4.78 is 1.66. The Kier molecular flexibility index (Phi) is 6.15. The SMILES string of the molecule is CCCNc1cccnc1N(CC)C1CCN(C(=O)n2cccc2)CC1. The molecule has 1 amide bonds. The van der Waals surface area contributed by atoms with Crippen molar-refractivity contribution in [3.63, 3.8) is 0 Å². The van der Waals surface area contributed by atoms with Crippen molar-refractivity contribution in [3.05, 3.63) is 42.9 Å². The van der Waals surface area contributed by atoms with E-state index >= 15 is 0 Å². The van der Waals surface area contributed by atoms with Crippen molar-refractivity contribution in [2.75, 3.05) is 36.4 Å². The van der Waals surface area contributed by atoms with Crippen LogP contribution in [0.2, 0.25) is 0 Å². The van der Waals surface area contributed by atoms with Gasteiger partial charge in [0.15, 0.2) is 5.82 Å². The van der Waals surface area contributed by atoms with Gasteiger partial charge in [-0.1, -0.05) is 6.92 Å². The number of aromatic nitrogens is 2. The molecule has 1 fully saturated rings. The second kappa shape index (κ2) is 8.74. The summed E-state index contributed by atoms with van der Waals surface area (Å²) >= 11 is 0. The first-order chi connectivity index (χ1) is 12.7. The number of rotatable bonds is 6. The lowest BCUT2D eigenvalue weighted by molar-refractivity contribution is 0.182. The molecule has 1 aliphatic heterocycles. The second-order valence-electron chi connectivity index (χ2n) is 6.68. The van der Waals surface area contributed by atoms with Gasteiger partial charge in [0.05, 0.1) is 5.69 Å². The van der Waals surface area contributed by atoms with Crippen molar-refractivity contribution in [1.29, 1.82) is 0 Å². The lowest BCUT2D eigenvalue weighted by atomic mass is 10.0. The molecular formula is C20H29N5O. The Bertz CT molecular complexity index is 692. The van der Waals surface area contributed by atoms with Crippen LogP contribution in [0.25, 0.3) is 0 Å². The highest BCUT2D eigenvalue weighted by atomic mass is 16.2. The number of nitrogens with one attached hydrogen (secondary N) is 1. The summed E-state index contributed by atoms with van der Waals surface area (Å²) in [5, 5.41) is 3.49. The summed E-state index contributed by atoms with van der Waals surface area (Å²) in [5.41, 5.74) is 1.10. The molecule has 0 atom stereocenters. The summed E-state index contributed by atoms with van der Waals surface area (Å²) in [6.07, 6.45) is 8.49. The zero-order valence-corrected chi connectivity index (χ0v) is 15.8. The normalized spacial score (nSPS) is 15.1. The first-order valence-electron chi connectivity index (χ1n) is 9.62. The third-order valence-electron chi connectivity index (χ3n) is 4.97. The predicted molar refractivity (Wildman–Crippen MR) is 106 cm³/mol. The van der Waals surface area contributed by atoms with Gasteiger partial charge in [-0.2, -0.15) is 0 Å². The highest BCUT2D eigenvalue weighted by Crippen LogP contribution is 2.28. The molecule has 0 aromatic carbocycles. The quantitative estimate of drug-likeness (QED) is 0.859. The van der Waals surface area contributed by atoms with Crippen LogP contribution in [0.5, 0.6) is 0 Å². The highest BCUT2D eigenvalue weighted by Gasteiger charge is 2.28. The lowest BCUT2D eigenvalue weighted by Gasteiger charge is -2.39. The van der Waals surface area contributed by atoms with Crippen LogP contribution in [-0.4, -0.2) is 52.7 Å². The van der Waals surface area contributed by atoms with Gasteiger partial charge in [-0.15, -0.1) is 0 Å². The summed E-state index contributed by atoms with van der Waals surface area (Å²) in [6, 6.07) is 8.33. The average Bonchev–Trinajstić information content (AvgIpc) is 3.22. The number of pyridine rings is 1. The molecule has 2 aromatic heterocycles. The molecule has 0 spiro atoms. The Labute approximate surface area is 155 Å². The van der Waals surface area contributed by atoms with Crippen LogP contribution in [-0.2, 0) is 0 Å². The Balaban J connectivity index is 1.66. The molecule has 0 aliphatic carbocycles. The summed E-state index contributed by atoms with van der Waals surface area (Å²) in [7, 11) is 0. The maximum atomic E-state index is 12.5. The molecule has 2 aromatic rings. The number of carbonyl (C=O) groups excluding carboxylic acids is 1. The van der Waals surface area contributed by atoms with Crippen LogP contribution < -0.4 is 10.2 Å². The first-order valence-corrected chi connectivity index (χ1v) is 9.62. The monoisotopic (exact) mass is 355 g/mol. The van der Waals surface area contributed by atoms with Gasteiger partial charge in [0.25, 0.3) is 0 Å². The molecule has 1 N–H and O–H groups in total. The third-order valence-corrected chi connectivity index (χ3v) is 4.97. The van der Waals surface area contributed by atoms with E-state index in [4.69, 9.17) is 0 Å². The Morgan fingerprint density at radius 1 is 1.23 bits per heavy atom. The number of likely N-dealkylation sites (tertiary alicyclic amines) is 1. The third kappa shape index (κ3) is 4.00. The summed E-state index contributed by atoms with van der Waals surface area (Å²) in [6.45, 7) is 7.76. The molecule has 0 radical (unpaired) electrons. The molecule has 1 aliphatic rings. The fraction of sp³-hybridized carbons (Fsp3) is 0.500. The van der Waals surface area contributed by atoms with E-state index in [1.807, 2.05) is 41.7 Å². The number of hydrogen-bond donors (Lipinski definition) is 1. The van der Waals surface area contributed by atoms with Gasteiger partial charge >= 0.3 is 6.03 Å². The molecule has 3 heterocycles. The highest BCUT2D eigenvalue weighted by molar-refractivity contribution is 5.77. The fourth-order valence-corrected chi connectivity index (χ4v) is 3.60. The minimum atomic E-state index is 0.0691. The number of anilines is 2. The molecular weight excluding hydrogens is 326 g/mol. The van der Waals surface area contributed by atoms with Gasteiger partial charge < -0.3 is 15.1 Å². The molecule has 0 unspecified atom stereocenters. The minimum absolute atomic E-state index is 0.0691. The van der Waals surface area contributed by atoms with Crippen LogP contribution in [0.1, 0.15) is 33.1 Å². The van der Waals surface area contributed by atoms with E-state index in [-0.39, 0.29) is 6.03 Å². The lowest BCUT2D eigenvalue weighted by Crippen LogP contribution is -2.48. The maximum absolute atomic E-state index is 12.5.